The second kappa shape index (κ2) is 8.18. The number of aromatic carboxylic acids is 1. The van der Waals surface area contributed by atoms with Gasteiger partial charge in [0.25, 0.3) is 0 Å². The molecule has 0 aliphatic rings. The summed E-state index contributed by atoms with van der Waals surface area (Å²) in [6.07, 6.45) is 0.606. The molecule has 0 bridgehead atoms. The number of aromatic nitrogens is 1. The molecule has 6 nitrogen and oxygen atoms in total. The predicted molar refractivity (Wildman–Crippen MR) is 79.0 cm³/mol. The van der Waals surface area contributed by atoms with Crippen molar-refractivity contribution in [2.45, 2.75) is 26.3 Å². The van der Waals surface area contributed by atoms with Gasteiger partial charge in [0, 0.05) is 20.8 Å². The fourth-order valence-electron chi connectivity index (χ4n) is 1.89. The zero-order chi connectivity index (χ0) is 15.1. The van der Waals surface area contributed by atoms with Gasteiger partial charge < -0.3 is 19.5 Å². The molecule has 1 rings (SSSR count). The molecule has 0 aliphatic heterocycles. The molecule has 0 fully saturated rings. The van der Waals surface area contributed by atoms with E-state index < -0.39 is 5.97 Å². The summed E-state index contributed by atoms with van der Waals surface area (Å²) in [5.41, 5.74) is 0.629. The van der Waals surface area contributed by atoms with E-state index >= 15 is 0 Å². The molecule has 114 valence electrons. The number of rotatable bonds is 9. The first-order chi connectivity index (χ1) is 9.54. The summed E-state index contributed by atoms with van der Waals surface area (Å²) in [6, 6.07) is 0.104. The number of nitrogens with zero attached hydrogens (tertiary/aromatic N) is 2. The molecule has 1 aromatic heterocycles. The van der Waals surface area contributed by atoms with Crippen LogP contribution in [0.1, 0.15) is 29.2 Å². The minimum Gasteiger partial charge on any atom is -0.477 e. The number of thiazole rings is 1. The van der Waals surface area contributed by atoms with Gasteiger partial charge in [0.05, 0.1) is 24.9 Å². The highest BCUT2D eigenvalue weighted by Gasteiger charge is 2.22. The Labute approximate surface area is 123 Å². The molecular formula is C13H22N2O4S. The summed E-state index contributed by atoms with van der Waals surface area (Å²) in [5.74, 6) is -0.920. The SMILES string of the molecule is CCc1nc(N(CCOC)C(C)COC)sc1C(=O)O. The van der Waals surface area contributed by atoms with Crippen molar-refractivity contribution in [1.82, 2.24) is 4.98 Å². The van der Waals surface area contributed by atoms with Crippen molar-refractivity contribution in [3.05, 3.63) is 10.6 Å². The maximum absolute atomic E-state index is 11.2. The van der Waals surface area contributed by atoms with Crippen LogP contribution in [0.2, 0.25) is 0 Å². The molecule has 1 N–H and O–H groups in total. The first kappa shape index (κ1) is 16.9. The highest BCUT2D eigenvalue weighted by Crippen LogP contribution is 2.28. The minimum absolute atomic E-state index is 0.104. The fourth-order valence-corrected chi connectivity index (χ4v) is 3.02. The average molecular weight is 302 g/mol. The third-order valence-electron chi connectivity index (χ3n) is 2.94. The highest BCUT2D eigenvalue weighted by atomic mass is 32.1. The van der Waals surface area contributed by atoms with Crippen LogP contribution in [-0.4, -0.2) is 56.1 Å². The lowest BCUT2D eigenvalue weighted by molar-refractivity contribution is 0.0701. The number of carboxylic acids is 1. The van der Waals surface area contributed by atoms with E-state index in [1.54, 1.807) is 14.2 Å². The van der Waals surface area contributed by atoms with E-state index in [0.717, 1.165) is 0 Å². The van der Waals surface area contributed by atoms with Crippen LogP contribution in [-0.2, 0) is 15.9 Å². The normalized spacial score (nSPS) is 12.4. The molecule has 20 heavy (non-hydrogen) atoms. The summed E-state index contributed by atoms with van der Waals surface area (Å²) < 4.78 is 10.3. The van der Waals surface area contributed by atoms with Gasteiger partial charge in [0.15, 0.2) is 5.13 Å². The maximum atomic E-state index is 11.2. The van der Waals surface area contributed by atoms with E-state index in [-0.39, 0.29) is 6.04 Å². The second-order valence-electron chi connectivity index (χ2n) is 4.42. The molecule has 1 aromatic rings. The van der Waals surface area contributed by atoms with E-state index in [9.17, 15) is 9.90 Å². The van der Waals surface area contributed by atoms with Crippen LogP contribution in [0.4, 0.5) is 5.13 Å². The van der Waals surface area contributed by atoms with Crippen LogP contribution in [0.5, 0.6) is 0 Å². The molecule has 0 aliphatic carbocycles. The number of carboxylic acid groups (broad SMARTS) is 1. The molecule has 1 heterocycles. The van der Waals surface area contributed by atoms with Gasteiger partial charge in [-0.3, -0.25) is 0 Å². The molecule has 0 amide bonds. The van der Waals surface area contributed by atoms with Crippen molar-refractivity contribution in [2.75, 3.05) is 38.9 Å². The Morgan fingerprint density at radius 3 is 2.60 bits per heavy atom. The summed E-state index contributed by atoms with van der Waals surface area (Å²) in [4.78, 5) is 18.0. The second-order valence-corrected chi connectivity index (χ2v) is 5.40. The van der Waals surface area contributed by atoms with Crippen molar-refractivity contribution >= 4 is 22.4 Å². The summed E-state index contributed by atoms with van der Waals surface area (Å²) >= 11 is 1.21. The van der Waals surface area contributed by atoms with Gasteiger partial charge in [-0.2, -0.15) is 0 Å². The Morgan fingerprint density at radius 1 is 1.45 bits per heavy atom. The molecule has 1 atom stereocenters. The quantitative estimate of drug-likeness (QED) is 0.751. The van der Waals surface area contributed by atoms with Crippen LogP contribution >= 0.6 is 11.3 Å². The van der Waals surface area contributed by atoms with Gasteiger partial charge >= 0.3 is 5.97 Å². The Bertz CT molecular complexity index is 436. The number of ether oxygens (including phenoxy) is 2. The Morgan fingerprint density at radius 2 is 2.15 bits per heavy atom. The largest absolute Gasteiger partial charge is 0.477 e. The number of anilines is 1. The molecular weight excluding hydrogens is 280 g/mol. The van der Waals surface area contributed by atoms with Crippen LogP contribution in [0.15, 0.2) is 0 Å². The first-order valence-electron chi connectivity index (χ1n) is 6.52. The monoisotopic (exact) mass is 302 g/mol. The molecule has 0 saturated carbocycles. The van der Waals surface area contributed by atoms with Crippen LogP contribution < -0.4 is 4.90 Å². The molecule has 0 spiro atoms. The number of hydrogen-bond donors (Lipinski definition) is 1. The minimum atomic E-state index is -0.920. The summed E-state index contributed by atoms with van der Waals surface area (Å²) in [6.45, 7) is 5.68. The van der Waals surface area contributed by atoms with Gasteiger partial charge in [0.1, 0.15) is 4.88 Å². The lowest BCUT2D eigenvalue weighted by Gasteiger charge is -2.28. The molecule has 0 aromatic carbocycles. The number of aryl methyl sites for hydroxylation is 1. The fraction of sp³-hybridized carbons (Fsp3) is 0.692. The highest BCUT2D eigenvalue weighted by molar-refractivity contribution is 7.17. The number of carbonyl (C=O) groups is 1. The number of methoxy groups -OCH3 is 2. The Balaban J connectivity index is 3.03. The van der Waals surface area contributed by atoms with Crippen molar-refractivity contribution < 1.29 is 19.4 Å². The van der Waals surface area contributed by atoms with Crippen molar-refractivity contribution in [3.8, 4) is 0 Å². The summed E-state index contributed by atoms with van der Waals surface area (Å²) in [5, 5.41) is 9.92. The standard InChI is InChI=1S/C13H22N2O4S/c1-5-10-11(12(16)17)20-13(14-10)15(6-7-18-3)9(2)8-19-4/h9H,5-8H2,1-4H3,(H,16,17). The van der Waals surface area contributed by atoms with E-state index in [1.807, 2.05) is 18.7 Å². The Hall–Kier alpha value is -1.18. The van der Waals surface area contributed by atoms with Gasteiger partial charge in [0.2, 0.25) is 0 Å². The first-order valence-corrected chi connectivity index (χ1v) is 7.34. The topological polar surface area (TPSA) is 71.9 Å². The van der Waals surface area contributed by atoms with Gasteiger partial charge in [-0.15, -0.1) is 0 Å². The van der Waals surface area contributed by atoms with Gasteiger partial charge in [-0.25, -0.2) is 9.78 Å². The van der Waals surface area contributed by atoms with Gasteiger partial charge in [-0.05, 0) is 13.3 Å². The van der Waals surface area contributed by atoms with E-state index in [0.29, 0.717) is 41.9 Å². The smallest absolute Gasteiger partial charge is 0.347 e. The third kappa shape index (κ3) is 4.16. The summed E-state index contributed by atoms with van der Waals surface area (Å²) in [7, 11) is 3.29. The average Bonchev–Trinajstić information content (AvgIpc) is 2.83. The zero-order valence-corrected chi connectivity index (χ0v) is 13.2. The molecule has 0 saturated heterocycles. The van der Waals surface area contributed by atoms with E-state index in [1.165, 1.54) is 11.3 Å². The van der Waals surface area contributed by atoms with Gasteiger partial charge in [-0.1, -0.05) is 18.3 Å². The van der Waals surface area contributed by atoms with E-state index in [2.05, 4.69) is 4.98 Å². The van der Waals surface area contributed by atoms with Crippen LogP contribution in [0, 0.1) is 0 Å². The van der Waals surface area contributed by atoms with Crippen LogP contribution in [0.25, 0.3) is 0 Å². The molecule has 7 heteroatoms. The van der Waals surface area contributed by atoms with Crippen LogP contribution in [0.3, 0.4) is 0 Å². The van der Waals surface area contributed by atoms with Crippen molar-refractivity contribution in [3.63, 3.8) is 0 Å². The lowest BCUT2D eigenvalue weighted by Crippen LogP contribution is -2.38. The van der Waals surface area contributed by atoms with E-state index in [4.69, 9.17) is 9.47 Å². The van der Waals surface area contributed by atoms with Crippen molar-refractivity contribution in [2.24, 2.45) is 0 Å². The third-order valence-corrected chi connectivity index (χ3v) is 4.06. The molecule has 1 unspecified atom stereocenters. The lowest BCUT2D eigenvalue weighted by atomic mass is 10.3. The zero-order valence-electron chi connectivity index (χ0n) is 12.4. The predicted octanol–water partition coefficient (Wildman–Crippen LogP) is 1.89. The maximum Gasteiger partial charge on any atom is 0.347 e. The molecule has 0 radical (unpaired) electrons. The van der Waals surface area contributed by atoms with Crippen molar-refractivity contribution in [1.29, 1.82) is 0 Å². The Kier molecular flexibility index (Phi) is 6.90. The number of hydrogen-bond acceptors (Lipinski definition) is 6.